The van der Waals surface area contributed by atoms with Gasteiger partial charge in [-0.25, -0.2) is 9.59 Å². The molecule has 2 aromatic rings. The number of carbonyl (C=O) groups is 2. The molecule has 1 fully saturated rings. The van der Waals surface area contributed by atoms with Crippen LogP contribution in [0.25, 0.3) is 0 Å². The molecule has 1 saturated heterocycles. The summed E-state index contributed by atoms with van der Waals surface area (Å²) in [6.07, 6.45) is -5.13. The summed E-state index contributed by atoms with van der Waals surface area (Å²) >= 11 is 0. The zero-order chi connectivity index (χ0) is 18.5. The van der Waals surface area contributed by atoms with Crippen molar-refractivity contribution in [3.8, 4) is 0 Å². The molecule has 136 valence electrons. The minimum atomic E-state index is -1.54. The number of rotatable bonds is 5. The van der Waals surface area contributed by atoms with E-state index in [1.54, 1.807) is 60.7 Å². The molecule has 1 unspecified atom stereocenters. The number of esters is 2. The maximum atomic E-state index is 12.2. The Morgan fingerprint density at radius 1 is 0.885 bits per heavy atom. The Hall–Kier alpha value is -2.74. The molecule has 3 rings (SSSR count). The smallest absolute Gasteiger partial charge is 0.338 e. The average Bonchev–Trinajstić information content (AvgIpc) is 2.95. The summed E-state index contributed by atoms with van der Waals surface area (Å²) < 4.78 is 15.6. The predicted molar refractivity (Wildman–Crippen MR) is 89.3 cm³/mol. The highest BCUT2D eigenvalue weighted by Crippen LogP contribution is 2.24. The molecule has 2 aromatic carbocycles. The first-order valence-corrected chi connectivity index (χ1v) is 8.06. The number of aliphatic hydroxyl groups excluding tert-OH is 2. The van der Waals surface area contributed by atoms with Crippen LogP contribution in [-0.4, -0.2) is 53.4 Å². The summed E-state index contributed by atoms with van der Waals surface area (Å²) in [7, 11) is 0. The van der Waals surface area contributed by atoms with Gasteiger partial charge in [-0.2, -0.15) is 0 Å². The molecule has 0 saturated carbocycles. The molecule has 2 N–H and O–H groups in total. The van der Waals surface area contributed by atoms with Crippen molar-refractivity contribution < 1.29 is 34.0 Å². The zero-order valence-electron chi connectivity index (χ0n) is 13.7. The minimum Gasteiger partial charge on any atom is -0.459 e. The largest absolute Gasteiger partial charge is 0.459 e. The standard InChI is InChI=1S/C19H18O7/c20-15-16(26-18(22)13-9-5-2-6-10-13)14(25-19(15)23)11-24-17(21)12-7-3-1-4-8-12/h1-10,14-16,19-20,23H,11H2/t14-,15?,16+,19+/m1/s1. The summed E-state index contributed by atoms with van der Waals surface area (Å²) in [4.78, 5) is 24.2. The minimum absolute atomic E-state index is 0.283. The number of aliphatic hydroxyl groups is 2. The second kappa shape index (κ2) is 8.09. The summed E-state index contributed by atoms with van der Waals surface area (Å²) in [6.45, 7) is -0.283. The van der Waals surface area contributed by atoms with Crippen LogP contribution in [-0.2, 0) is 14.2 Å². The summed E-state index contributed by atoms with van der Waals surface area (Å²) in [6, 6.07) is 16.6. The SMILES string of the molecule is O=C(OC[C@H]1O[C@H](O)C(O)[C@H]1OC(=O)c1ccccc1)c1ccccc1. The third kappa shape index (κ3) is 4.08. The number of hydrogen-bond donors (Lipinski definition) is 2. The van der Waals surface area contributed by atoms with Gasteiger partial charge in [-0.05, 0) is 24.3 Å². The topological polar surface area (TPSA) is 102 Å². The normalized spacial score (nSPS) is 24.8. The Morgan fingerprint density at radius 3 is 2.00 bits per heavy atom. The van der Waals surface area contributed by atoms with E-state index < -0.39 is 36.5 Å². The highest BCUT2D eigenvalue weighted by molar-refractivity contribution is 5.90. The fourth-order valence-electron chi connectivity index (χ4n) is 2.58. The maximum Gasteiger partial charge on any atom is 0.338 e. The summed E-state index contributed by atoms with van der Waals surface area (Å²) in [5, 5.41) is 19.7. The molecule has 0 spiro atoms. The maximum absolute atomic E-state index is 12.2. The Labute approximate surface area is 149 Å². The summed E-state index contributed by atoms with van der Waals surface area (Å²) in [5.41, 5.74) is 0.644. The molecule has 1 aliphatic heterocycles. The molecule has 7 heteroatoms. The number of carbonyl (C=O) groups excluding carboxylic acids is 2. The van der Waals surface area contributed by atoms with Gasteiger partial charge in [0.05, 0.1) is 11.1 Å². The Kier molecular flexibility index (Phi) is 5.62. The Bertz CT molecular complexity index is 747. The summed E-state index contributed by atoms with van der Waals surface area (Å²) in [5.74, 6) is -1.26. The van der Waals surface area contributed by atoms with Crippen LogP contribution in [0, 0.1) is 0 Å². The lowest BCUT2D eigenvalue weighted by atomic mass is 10.1. The molecule has 26 heavy (non-hydrogen) atoms. The lowest BCUT2D eigenvalue weighted by Crippen LogP contribution is -2.39. The van der Waals surface area contributed by atoms with Gasteiger partial charge in [0.2, 0.25) is 0 Å². The second-order valence-corrected chi connectivity index (χ2v) is 5.76. The van der Waals surface area contributed by atoms with Crippen molar-refractivity contribution in [2.45, 2.75) is 24.6 Å². The van der Waals surface area contributed by atoms with E-state index >= 15 is 0 Å². The first-order chi connectivity index (χ1) is 12.6. The van der Waals surface area contributed by atoms with E-state index in [2.05, 4.69) is 0 Å². The van der Waals surface area contributed by atoms with Gasteiger partial charge in [0.25, 0.3) is 0 Å². The first-order valence-electron chi connectivity index (χ1n) is 8.06. The van der Waals surface area contributed by atoms with E-state index in [1.165, 1.54) is 0 Å². The van der Waals surface area contributed by atoms with Gasteiger partial charge in [0, 0.05) is 0 Å². The van der Waals surface area contributed by atoms with Crippen molar-refractivity contribution in [1.82, 2.24) is 0 Å². The van der Waals surface area contributed by atoms with Crippen LogP contribution in [0.2, 0.25) is 0 Å². The van der Waals surface area contributed by atoms with Gasteiger partial charge in [-0.1, -0.05) is 36.4 Å². The van der Waals surface area contributed by atoms with Crippen LogP contribution < -0.4 is 0 Å². The molecule has 0 aliphatic carbocycles. The molecule has 0 amide bonds. The number of hydrogen-bond acceptors (Lipinski definition) is 7. The Balaban J connectivity index is 1.63. The first kappa shape index (κ1) is 18.1. The van der Waals surface area contributed by atoms with Crippen molar-refractivity contribution in [3.63, 3.8) is 0 Å². The highest BCUT2D eigenvalue weighted by atomic mass is 16.7. The molecular formula is C19H18O7. The molecule has 7 nitrogen and oxygen atoms in total. The van der Waals surface area contributed by atoms with Crippen LogP contribution in [0.15, 0.2) is 60.7 Å². The average molecular weight is 358 g/mol. The number of benzene rings is 2. The van der Waals surface area contributed by atoms with Crippen LogP contribution in [0.5, 0.6) is 0 Å². The van der Waals surface area contributed by atoms with E-state index in [0.717, 1.165) is 0 Å². The lowest BCUT2D eigenvalue weighted by Gasteiger charge is -2.20. The van der Waals surface area contributed by atoms with Gasteiger partial charge in [0.15, 0.2) is 12.4 Å². The van der Waals surface area contributed by atoms with E-state index in [0.29, 0.717) is 11.1 Å². The molecular weight excluding hydrogens is 340 g/mol. The van der Waals surface area contributed by atoms with E-state index in [-0.39, 0.29) is 6.61 Å². The fourth-order valence-corrected chi connectivity index (χ4v) is 2.58. The van der Waals surface area contributed by atoms with Gasteiger partial charge >= 0.3 is 11.9 Å². The van der Waals surface area contributed by atoms with Gasteiger partial charge in [0.1, 0.15) is 18.8 Å². The Morgan fingerprint density at radius 2 is 1.42 bits per heavy atom. The van der Waals surface area contributed by atoms with Gasteiger partial charge in [-0.3, -0.25) is 0 Å². The van der Waals surface area contributed by atoms with Crippen molar-refractivity contribution >= 4 is 11.9 Å². The fraction of sp³-hybridized carbons (Fsp3) is 0.263. The van der Waals surface area contributed by atoms with Gasteiger partial charge in [-0.15, -0.1) is 0 Å². The molecule has 1 heterocycles. The number of ether oxygens (including phenoxy) is 3. The third-order valence-corrected chi connectivity index (χ3v) is 3.95. The van der Waals surface area contributed by atoms with Crippen LogP contribution in [0.1, 0.15) is 20.7 Å². The highest BCUT2D eigenvalue weighted by Gasteiger charge is 2.46. The third-order valence-electron chi connectivity index (χ3n) is 3.95. The molecule has 1 aliphatic rings. The molecule has 0 bridgehead atoms. The monoisotopic (exact) mass is 358 g/mol. The van der Waals surface area contributed by atoms with Gasteiger partial charge < -0.3 is 24.4 Å². The van der Waals surface area contributed by atoms with E-state index in [1.807, 2.05) is 0 Å². The second-order valence-electron chi connectivity index (χ2n) is 5.76. The molecule has 4 atom stereocenters. The van der Waals surface area contributed by atoms with Crippen molar-refractivity contribution in [3.05, 3.63) is 71.8 Å². The van der Waals surface area contributed by atoms with Crippen LogP contribution in [0.3, 0.4) is 0 Å². The van der Waals surface area contributed by atoms with Crippen molar-refractivity contribution in [1.29, 1.82) is 0 Å². The van der Waals surface area contributed by atoms with Crippen LogP contribution in [0.4, 0.5) is 0 Å². The van der Waals surface area contributed by atoms with Crippen molar-refractivity contribution in [2.75, 3.05) is 6.61 Å². The molecule has 0 radical (unpaired) electrons. The lowest BCUT2D eigenvalue weighted by molar-refractivity contribution is -0.133. The van der Waals surface area contributed by atoms with E-state index in [9.17, 15) is 19.8 Å². The quantitative estimate of drug-likeness (QED) is 0.773. The predicted octanol–water partition coefficient (Wildman–Crippen LogP) is 1.15. The van der Waals surface area contributed by atoms with Crippen molar-refractivity contribution in [2.24, 2.45) is 0 Å². The van der Waals surface area contributed by atoms with E-state index in [4.69, 9.17) is 14.2 Å². The van der Waals surface area contributed by atoms with Crippen LogP contribution >= 0.6 is 0 Å². The molecule has 0 aromatic heterocycles. The zero-order valence-corrected chi connectivity index (χ0v) is 13.7.